The van der Waals surface area contributed by atoms with E-state index >= 15 is 0 Å². The second kappa shape index (κ2) is 7.76. The molecule has 0 aliphatic rings. The molecule has 7 nitrogen and oxygen atoms in total. The summed E-state index contributed by atoms with van der Waals surface area (Å²) in [7, 11) is 0. The molecule has 130 valence electrons. The van der Waals surface area contributed by atoms with E-state index in [-0.39, 0.29) is 23.2 Å². The standard InChI is InChI=1S/C17H15ClN2O5/c1-10-13(3-2-4-15(10)20(24)25)17(23)19-14(9-16(21)22)11-5-7-12(18)8-6-11/h2-8,14H,9H2,1H3,(H,19,23)(H,21,22)/t14-/m0/s1. The van der Waals surface area contributed by atoms with Crippen LogP contribution in [-0.4, -0.2) is 21.9 Å². The first-order valence-electron chi connectivity index (χ1n) is 7.31. The van der Waals surface area contributed by atoms with Crippen LogP contribution in [0.4, 0.5) is 5.69 Å². The number of nitrogens with one attached hydrogen (secondary N) is 1. The molecule has 2 N–H and O–H groups in total. The number of amides is 1. The number of hydrogen-bond donors (Lipinski definition) is 2. The maximum absolute atomic E-state index is 12.5. The molecule has 0 bridgehead atoms. The molecule has 0 saturated carbocycles. The highest BCUT2D eigenvalue weighted by atomic mass is 35.5. The molecule has 0 heterocycles. The Morgan fingerprint density at radius 1 is 1.24 bits per heavy atom. The van der Waals surface area contributed by atoms with Crippen molar-refractivity contribution >= 4 is 29.2 Å². The molecule has 25 heavy (non-hydrogen) atoms. The number of nitro groups is 1. The van der Waals surface area contributed by atoms with Gasteiger partial charge in [0, 0.05) is 22.2 Å². The summed E-state index contributed by atoms with van der Waals surface area (Å²) in [4.78, 5) is 34.1. The number of aliphatic carboxylic acids is 1. The maximum atomic E-state index is 12.5. The Labute approximate surface area is 148 Å². The van der Waals surface area contributed by atoms with Gasteiger partial charge in [0.15, 0.2) is 0 Å². The fourth-order valence-corrected chi connectivity index (χ4v) is 2.55. The Kier molecular flexibility index (Phi) is 5.71. The van der Waals surface area contributed by atoms with Gasteiger partial charge in [-0.2, -0.15) is 0 Å². The summed E-state index contributed by atoms with van der Waals surface area (Å²) in [5.74, 6) is -1.67. The normalized spacial score (nSPS) is 11.6. The molecule has 0 fully saturated rings. The van der Waals surface area contributed by atoms with E-state index in [0.717, 1.165) is 0 Å². The smallest absolute Gasteiger partial charge is 0.305 e. The molecule has 1 amide bonds. The number of carbonyl (C=O) groups excluding carboxylic acids is 1. The van der Waals surface area contributed by atoms with E-state index in [2.05, 4.69) is 5.32 Å². The summed E-state index contributed by atoms with van der Waals surface area (Å²) in [6.07, 6.45) is -0.332. The van der Waals surface area contributed by atoms with E-state index in [4.69, 9.17) is 16.7 Å². The Hall–Kier alpha value is -2.93. The van der Waals surface area contributed by atoms with Crippen LogP contribution in [-0.2, 0) is 4.79 Å². The van der Waals surface area contributed by atoms with Crippen LogP contribution in [0.1, 0.15) is 33.9 Å². The highest BCUT2D eigenvalue weighted by molar-refractivity contribution is 6.30. The molecular formula is C17H15ClN2O5. The molecule has 2 aromatic carbocycles. The molecule has 1 atom stereocenters. The van der Waals surface area contributed by atoms with Crippen molar-refractivity contribution in [2.75, 3.05) is 0 Å². The number of nitro benzene ring substituents is 1. The van der Waals surface area contributed by atoms with Crippen molar-refractivity contribution in [3.05, 3.63) is 74.3 Å². The van der Waals surface area contributed by atoms with Crippen molar-refractivity contribution < 1.29 is 19.6 Å². The highest BCUT2D eigenvalue weighted by Gasteiger charge is 2.22. The van der Waals surface area contributed by atoms with E-state index in [1.165, 1.54) is 25.1 Å². The van der Waals surface area contributed by atoms with Gasteiger partial charge < -0.3 is 10.4 Å². The lowest BCUT2D eigenvalue weighted by atomic mass is 10.0. The van der Waals surface area contributed by atoms with E-state index < -0.39 is 22.8 Å². The largest absolute Gasteiger partial charge is 0.481 e. The minimum Gasteiger partial charge on any atom is -0.481 e. The van der Waals surface area contributed by atoms with E-state index in [9.17, 15) is 19.7 Å². The molecule has 0 spiro atoms. The topological polar surface area (TPSA) is 110 Å². The quantitative estimate of drug-likeness (QED) is 0.603. The van der Waals surface area contributed by atoms with Gasteiger partial charge in [-0.15, -0.1) is 0 Å². The lowest BCUT2D eigenvalue weighted by Crippen LogP contribution is -2.30. The molecule has 0 aromatic heterocycles. The van der Waals surface area contributed by atoms with Crippen molar-refractivity contribution in [1.82, 2.24) is 5.32 Å². The summed E-state index contributed by atoms with van der Waals surface area (Å²) in [5, 5.41) is 23.2. The zero-order chi connectivity index (χ0) is 18.6. The van der Waals surface area contributed by atoms with Crippen LogP contribution in [0.2, 0.25) is 5.02 Å². The van der Waals surface area contributed by atoms with Crippen LogP contribution in [0.5, 0.6) is 0 Å². The van der Waals surface area contributed by atoms with E-state index in [0.29, 0.717) is 10.6 Å². The van der Waals surface area contributed by atoms with Crippen LogP contribution in [0.15, 0.2) is 42.5 Å². The predicted molar refractivity (Wildman–Crippen MR) is 91.7 cm³/mol. The zero-order valence-electron chi connectivity index (χ0n) is 13.2. The van der Waals surface area contributed by atoms with Gasteiger partial charge in [-0.05, 0) is 30.7 Å². The second-order valence-electron chi connectivity index (χ2n) is 5.38. The Balaban J connectivity index is 2.31. The van der Waals surface area contributed by atoms with Crippen LogP contribution in [0.25, 0.3) is 0 Å². The highest BCUT2D eigenvalue weighted by Crippen LogP contribution is 2.24. The van der Waals surface area contributed by atoms with Crippen molar-refractivity contribution in [3.63, 3.8) is 0 Å². The number of carboxylic acids is 1. The first-order chi connectivity index (χ1) is 11.8. The molecule has 8 heteroatoms. The minimum atomic E-state index is -1.09. The van der Waals surface area contributed by atoms with Crippen LogP contribution >= 0.6 is 11.6 Å². The van der Waals surface area contributed by atoms with Gasteiger partial charge in [0.25, 0.3) is 11.6 Å². The summed E-state index contributed by atoms with van der Waals surface area (Å²) < 4.78 is 0. The van der Waals surface area contributed by atoms with Crippen LogP contribution in [0, 0.1) is 17.0 Å². The summed E-state index contributed by atoms with van der Waals surface area (Å²) >= 11 is 5.82. The average molecular weight is 363 g/mol. The van der Waals surface area contributed by atoms with Gasteiger partial charge in [0.05, 0.1) is 17.4 Å². The fraction of sp³-hybridized carbons (Fsp3) is 0.176. The van der Waals surface area contributed by atoms with Crippen molar-refractivity contribution in [2.45, 2.75) is 19.4 Å². The Bertz CT molecular complexity index is 820. The molecule has 0 aliphatic heterocycles. The van der Waals surface area contributed by atoms with Gasteiger partial charge in [-0.1, -0.05) is 29.8 Å². The van der Waals surface area contributed by atoms with Crippen molar-refractivity contribution in [1.29, 1.82) is 0 Å². The predicted octanol–water partition coefficient (Wildman–Crippen LogP) is 3.50. The van der Waals surface area contributed by atoms with Crippen LogP contribution in [0.3, 0.4) is 0 Å². The first kappa shape index (κ1) is 18.4. The fourth-order valence-electron chi connectivity index (χ4n) is 2.43. The number of hydrogen-bond acceptors (Lipinski definition) is 4. The zero-order valence-corrected chi connectivity index (χ0v) is 14.0. The molecule has 2 aromatic rings. The maximum Gasteiger partial charge on any atom is 0.305 e. The Morgan fingerprint density at radius 3 is 2.44 bits per heavy atom. The molecule has 0 aliphatic carbocycles. The lowest BCUT2D eigenvalue weighted by molar-refractivity contribution is -0.385. The molecular weight excluding hydrogens is 348 g/mol. The number of carboxylic acid groups (broad SMARTS) is 1. The van der Waals surface area contributed by atoms with Gasteiger partial charge in [0.2, 0.25) is 0 Å². The summed E-state index contributed by atoms with van der Waals surface area (Å²) in [5.41, 5.74) is 0.742. The molecule has 0 unspecified atom stereocenters. The number of benzene rings is 2. The summed E-state index contributed by atoms with van der Waals surface area (Å²) in [6.45, 7) is 1.47. The molecule has 0 saturated heterocycles. The van der Waals surface area contributed by atoms with Gasteiger partial charge in [0.1, 0.15) is 0 Å². The third-order valence-corrected chi connectivity index (χ3v) is 3.95. The van der Waals surface area contributed by atoms with Crippen molar-refractivity contribution in [3.8, 4) is 0 Å². The van der Waals surface area contributed by atoms with Gasteiger partial charge >= 0.3 is 5.97 Å². The van der Waals surface area contributed by atoms with Crippen molar-refractivity contribution in [2.24, 2.45) is 0 Å². The lowest BCUT2D eigenvalue weighted by Gasteiger charge is -2.18. The second-order valence-corrected chi connectivity index (χ2v) is 5.82. The minimum absolute atomic E-state index is 0.124. The summed E-state index contributed by atoms with van der Waals surface area (Å²) in [6, 6.07) is 9.81. The number of rotatable bonds is 6. The average Bonchev–Trinajstić information content (AvgIpc) is 2.54. The van der Waals surface area contributed by atoms with E-state index in [1.54, 1.807) is 24.3 Å². The van der Waals surface area contributed by atoms with E-state index in [1.807, 2.05) is 0 Å². The van der Waals surface area contributed by atoms with Crippen LogP contribution < -0.4 is 5.32 Å². The Morgan fingerprint density at radius 2 is 1.88 bits per heavy atom. The third-order valence-electron chi connectivity index (χ3n) is 3.70. The number of halogens is 1. The number of carbonyl (C=O) groups is 2. The molecule has 0 radical (unpaired) electrons. The number of nitrogens with zero attached hydrogens (tertiary/aromatic N) is 1. The molecule has 2 rings (SSSR count). The van der Waals surface area contributed by atoms with Gasteiger partial charge in [-0.3, -0.25) is 19.7 Å². The SMILES string of the molecule is Cc1c(C(=O)N[C@@H](CC(=O)O)c2ccc(Cl)cc2)cccc1[N+](=O)[O-]. The monoisotopic (exact) mass is 362 g/mol. The van der Waals surface area contributed by atoms with Gasteiger partial charge in [-0.25, -0.2) is 0 Å². The third kappa shape index (κ3) is 4.54. The first-order valence-corrected chi connectivity index (χ1v) is 7.69.